The molecule has 2 aromatic carbocycles. The van der Waals surface area contributed by atoms with Crippen LogP contribution in [0.1, 0.15) is 11.1 Å². The number of hydrogen-bond acceptors (Lipinski definition) is 3. The lowest BCUT2D eigenvalue weighted by Gasteiger charge is -2.24. The SMILES string of the molecule is NC1=Nc2ccc(Cl)cc2[C@]1(O)c1ccccc1. The van der Waals surface area contributed by atoms with E-state index in [2.05, 4.69) is 4.99 Å². The van der Waals surface area contributed by atoms with E-state index in [0.717, 1.165) is 0 Å². The van der Waals surface area contributed by atoms with Gasteiger partial charge < -0.3 is 10.8 Å². The van der Waals surface area contributed by atoms with E-state index < -0.39 is 5.60 Å². The van der Waals surface area contributed by atoms with Crippen molar-refractivity contribution in [3.63, 3.8) is 0 Å². The van der Waals surface area contributed by atoms with Crippen LogP contribution >= 0.6 is 11.6 Å². The van der Waals surface area contributed by atoms with Crippen LogP contribution in [0.2, 0.25) is 5.02 Å². The van der Waals surface area contributed by atoms with Crippen molar-refractivity contribution in [1.82, 2.24) is 0 Å². The molecule has 3 rings (SSSR count). The molecule has 1 aliphatic heterocycles. The first-order valence-corrected chi connectivity index (χ1v) is 5.93. The number of aliphatic imine (C=N–C) groups is 1. The molecule has 3 N–H and O–H groups in total. The summed E-state index contributed by atoms with van der Waals surface area (Å²) in [5, 5.41) is 11.4. The van der Waals surface area contributed by atoms with Crippen LogP contribution in [0, 0.1) is 0 Å². The second-order valence-electron chi connectivity index (χ2n) is 4.23. The highest BCUT2D eigenvalue weighted by atomic mass is 35.5. The highest BCUT2D eigenvalue weighted by Gasteiger charge is 2.42. The average molecular weight is 259 g/mol. The predicted molar refractivity (Wildman–Crippen MR) is 72.2 cm³/mol. The molecule has 3 nitrogen and oxygen atoms in total. The molecular formula is C14H11ClN2O. The Labute approximate surface area is 110 Å². The van der Waals surface area contributed by atoms with Gasteiger partial charge in [-0.15, -0.1) is 0 Å². The topological polar surface area (TPSA) is 58.6 Å². The molecule has 90 valence electrons. The summed E-state index contributed by atoms with van der Waals surface area (Å²) in [5.74, 6) is 0.172. The Morgan fingerprint density at radius 2 is 1.83 bits per heavy atom. The molecule has 0 aromatic heterocycles. The smallest absolute Gasteiger partial charge is 0.174 e. The lowest BCUT2D eigenvalue weighted by atomic mass is 9.86. The molecule has 0 unspecified atom stereocenters. The Hall–Kier alpha value is -1.84. The van der Waals surface area contributed by atoms with Crippen molar-refractivity contribution >= 4 is 23.1 Å². The van der Waals surface area contributed by atoms with E-state index in [1.165, 1.54) is 0 Å². The van der Waals surface area contributed by atoms with Gasteiger partial charge in [-0.3, -0.25) is 0 Å². The summed E-state index contributed by atoms with van der Waals surface area (Å²) in [7, 11) is 0. The van der Waals surface area contributed by atoms with Gasteiger partial charge in [0.1, 0.15) is 5.84 Å². The van der Waals surface area contributed by atoms with E-state index in [1.807, 2.05) is 30.3 Å². The fourth-order valence-electron chi connectivity index (χ4n) is 2.23. The third kappa shape index (κ3) is 1.45. The number of nitrogens with zero attached hydrogens (tertiary/aromatic N) is 1. The molecule has 1 atom stereocenters. The van der Waals surface area contributed by atoms with Gasteiger partial charge in [0.2, 0.25) is 0 Å². The van der Waals surface area contributed by atoms with Crippen molar-refractivity contribution in [2.24, 2.45) is 10.7 Å². The van der Waals surface area contributed by atoms with Crippen molar-refractivity contribution in [2.45, 2.75) is 5.60 Å². The van der Waals surface area contributed by atoms with Crippen molar-refractivity contribution in [3.8, 4) is 0 Å². The van der Waals surface area contributed by atoms with Gasteiger partial charge in [-0.2, -0.15) is 0 Å². The highest BCUT2D eigenvalue weighted by Crippen LogP contribution is 2.42. The van der Waals surface area contributed by atoms with Gasteiger partial charge in [-0.25, -0.2) is 4.99 Å². The molecule has 1 heterocycles. The molecule has 4 heteroatoms. The van der Waals surface area contributed by atoms with Crippen molar-refractivity contribution in [1.29, 1.82) is 0 Å². The first-order valence-electron chi connectivity index (χ1n) is 5.55. The number of hydrogen-bond donors (Lipinski definition) is 2. The Bertz CT molecular complexity index is 639. The normalized spacial score (nSPS) is 21.6. The minimum Gasteiger partial charge on any atom is -0.384 e. The Balaban J connectivity index is 2.26. The first kappa shape index (κ1) is 11.3. The zero-order valence-electron chi connectivity index (χ0n) is 9.47. The summed E-state index contributed by atoms with van der Waals surface area (Å²) < 4.78 is 0. The number of amidine groups is 1. The number of fused-ring (bicyclic) bond motifs is 1. The van der Waals surface area contributed by atoms with Crippen molar-refractivity contribution < 1.29 is 5.11 Å². The molecule has 0 saturated heterocycles. The zero-order chi connectivity index (χ0) is 12.8. The molecule has 1 aliphatic rings. The van der Waals surface area contributed by atoms with Crippen LogP contribution < -0.4 is 5.73 Å². The van der Waals surface area contributed by atoms with Gasteiger partial charge in [0.25, 0.3) is 0 Å². The van der Waals surface area contributed by atoms with Gasteiger partial charge >= 0.3 is 0 Å². The molecule has 0 aliphatic carbocycles. The Morgan fingerprint density at radius 1 is 1.11 bits per heavy atom. The molecule has 0 amide bonds. The van der Waals surface area contributed by atoms with Crippen LogP contribution in [-0.2, 0) is 5.60 Å². The lowest BCUT2D eigenvalue weighted by Crippen LogP contribution is -2.39. The van der Waals surface area contributed by atoms with Crippen LogP contribution in [0.3, 0.4) is 0 Å². The first-order chi connectivity index (χ1) is 8.62. The van der Waals surface area contributed by atoms with Gasteiger partial charge in [0.15, 0.2) is 5.60 Å². The summed E-state index contributed by atoms with van der Waals surface area (Å²) in [4.78, 5) is 4.21. The zero-order valence-corrected chi connectivity index (χ0v) is 10.2. The summed E-state index contributed by atoms with van der Waals surface area (Å²) in [6.07, 6.45) is 0. The third-order valence-electron chi connectivity index (χ3n) is 3.15. The molecule has 0 bridgehead atoms. The highest BCUT2D eigenvalue weighted by molar-refractivity contribution is 6.30. The maximum atomic E-state index is 10.9. The molecule has 0 fully saturated rings. The van der Waals surface area contributed by atoms with Gasteiger partial charge in [-0.05, 0) is 23.8 Å². The van der Waals surface area contributed by atoms with Crippen LogP contribution in [0.25, 0.3) is 0 Å². The van der Waals surface area contributed by atoms with Crippen LogP contribution in [0.15, 0.2) is 53.5 Å². The minimum absolute atomic E-state index is 0.172. The van der Waals surface area contributed by atoms with Gasteiger partial charge in [0, 0.05) is 10.6 Å². The minimum atomic E-state index is -1.39. The van der Waals surface area contributed by atoms with Crippen molar-refractivity contribution in [3.05, 3.63) is 64.7 Å². The summed E-state index contributed by atoms with van der Waals surface area (Å²) in [6, 6.07) is 14.4. The van der Waals surface area contributed by atoms with Gasteiger partial charge in [-0.1, -0.05) is 41.9 Å². The molecule has 18 heavy (non-hydrogen) atoms. The van der Waals surface area contributed by atoms with Gasteiger partial charge in [0.05, 0.1) is 5.69 Å². The summed E-state index contributed by atoms with van der Waals surface area (Å²) in [6.45, 7) is 0. The lowest BCUT2D eigenvalue weighted by molar-refractivity contribution is 0.158. The standard InChI is InChI=1S/C14H11ClN2O/c15-10-6-7-12-11(8-10)14(18,13(16)17-12)9-4-2-1-3-5-9/h1-8,18H,(H2,16,17)/t14-/m1/s1. The number of aliphatic hydroxyl groups is 1. The van der Waals surface area contributed by atoms with E-state index in [0.29, 0.717) is 21.8 Å². The molecule has 0 saturated carbocycles. The maximum absolute atomic E-state index is 10.9. The van der Waals surface area contributed by atoms with E-state index >= 15 is 0 Å². The van der Waals surface area contributed by atoms with E-state index in [1.54, 1.807) is 18.2 Å². The number of halogens is 1. The monoisotopic (exact) mass is 258 g/mol. The second-order valence-corrected chi connectivity index (χ2v) is 4.67. The van der Waals surface area contributed by atoms with E-state index in [-0.39, 0.29) is 5.84 Å². The molecule has 0 spiro atoms. The number of nitrogens with two attached hydrogens (primary N) is 1. The van der Waals surface area contributed by atoms with Crippen molar-refractivity contribution in [2.75, 3.05) is 0 Å². The Kier molecular flexibility index (Phi) is 2.40. The fraction of sp³-hybridized carbons (Fsp3) is 0.0714. The van der Waals surface area contributed by atoms with Crippen LogP contribution in [-0.4, -0.2) is 10.9 Å². The maximum Gasteiger partial charge on any atom is 0.174 e. The second kappa shape index (κ2) is 3.83. The third-order valence-corrected chi connectivity index (χ3v) is 3.39. The number of benzene rings is 2. The van der Waals surface area contributed by atoms with Crippen LogP contribution in [0.4, 0.5) is 5.69 Å². The average Bonchev–Trinajstić information content (AvgIpc) is 2.64. The molecular weight excluding hydrogens is 248 g/mol. The van der Waals surface area contributed by atoms with E-state index in [9.17, 15) is 5.11 Å². The quantitative estimate of drug-likeness (QED) is 0.826. The summed E-state index contributed by atoms with van der Waals surface area (Å²) >= 11 is 5.98. The molecule has 2 aromatic rings. The van der Waals surface area contributed by atoms with E-state index in [4.69, 9.17) is 17.3 Å². The molecule has 0 radical (unpaired) electrons. The Morgan fingerprint density at radius 3 is 2.56 bits per heavy atom. The van der Waals surface area contributed by atoms with Crippen LogP contribution in [0.5, 0.6) is 0 Å². The number of rotatable bonds is 1. The largest absolute Gasteiger partial charge is 0.384 e. The predicted octanol–water partition coefficient (Wildman–Crippen LogP) is 2.58. The summed E-state index contributed by atoms with van der Waals surface area (Å²) in [5.41, 5.74) is 6.48. The fourth-order valence-corrected chi connectivity index (χ4v) is 2.40.